The molecular formula is C15H30N2O. The molecule has 0 spiro atoms. The maximum atomic E-state index is 9.63. The molecule has 2 aliphatic rings. The number of β-amino-alcohol motifs (C(OH)–C–C–N with tert-alkyl or cyclic N) is 1. The van der Waals surface area contributed by atoms with E-state index < -0.39 is 0 Å². The summed E-state index contributed by atoms with van der Waals surface area (Å²) in [6.45, 7) is 8.95. The van der Waals surface area contributed by atoms with Gasteiger partial charge in [-0.2, -0.15) is 0 Å². The number of hydrogen-bond donors (Lipinski definition) is 2. The molecule has 2 rings (SSSR count). The molecule has 1 saturated heterocycles. The van der Waals surface area contributed by atoms with Crippen molar-refractivity contribution in [1.29, 1.82) is 0 Å². The summed E-state index contributed by atoms with van der Waals surface area (Å²) < 4.78 is 0. The fourth-order valence-corrected chi connectivity index (χ4v) is 3.61. The van der Waals surface area contributed by atoms with Gasteiger partial charge in [-0.1, -0.05) is 13.8 Å². The van der Waals surface area contributed by atoms with Crippen LogP contribution in [-0.2, 0) is 0 Å². The Bertz CT molecular complexity index is 245. The molecule has 106 valence electrons. The van der Waals surface area contributed by atoms with Gasteiger partial charge in [0.05, 0.1) is 6.10 Å². The van der Waals surface area contributed by atoms with Crippen LogP contribution in [0.15, 0.2) is 0 Å². The second-order valence-electron chi connectivity index (χ2n) is 6.44. The van der Waals surface area contributed by atoms with Crippen LogP contribution in [0.2, 0.25) is 0 Å². The van der Waals surface area contributed by atoms with E-state index in [2.05, 4.69) is 24.1 Å². The molecule has 1 aliphatic carbocycles. The topological polar surface area (TPSA) is 35.5 Å². The summed E-state index contributed by atoms with van der Waals surface area (Å²) in [5.74, 6) is 1.66. The van der Waals surface area contributed by atoms with E-state index in [4.69, 9.17) is 0 Å². The number of aliphatic hydroxyl groups is 1. The fraction of sp³-hybridized carbons (Fsp3) is 1.00. The molecule has 4 atom stereocenters. The summed E-state index contributed by atoms with van der Waals surface area (Å²) in [5, 5.41) is 13.4. The van der Waals surface area contributed by atoms with Crippen molar-refractivity contribution in [2.24, 2.45) is 11.8 Å². The van der Waals surface area contributed by atoms with Gasteiger partial charge in [0, 0.05) is 25.7 Å². The normalized spacial score (nSPS) is 38.2. The van der Waals surface area contributed by atoms with Gasteiger partial charge in [-0.15, -0.1) is 0 Å². The van der Waals surface area contributed by atoms with Crippen LogP contribution in [0.25, 0.3) is 0 Å². The molecule has 3 nitrogen and oxygen atoms in total. The predicted molar refractivity (Wildman–Crippen MR) is 75.7 cm³/mol. The van der Waals surface area contributed by atoms with Crippen molar-refractivity contribution in [1.82, 2.24) is 10.2 Å². The average Bonchev–Trinajstić information content (AvgIpc) is 2.74. The number of aliphatic hydroxyl groups excluding tert-OH is 1. The maximum Gasteiger partial charge on any atom is 0.0679 e. The Balaban J connectivity index is 1.84. The molecule has 0 radical (unpaired) electrons. The minimum Gasteiger partial charge on any atom is -0.392 e. The number of nitrogens with one attached hydrogen (secondary N) is 1. The Hall–Kier alpha value is -0.120. The van der Waals surface area contributed by atoms with Crippen molar-refractivity contribution < 1.29 is 5.11 Å². The van der Waals surface area contributed by atoms with Crippen molar-refractivity contribution in [3.05, 3.63) is 0 Å². The Labute approximate surface area is 112 Å². The van der Waals surface area contributed by atoms with E-state index >= 15 is 0 Å². The van der Waals surface area contributed by atoms with Gasteiger partial charge in [0.2, 0.25) is 0 Å². The van der Waals surface area contributed by atoms with Gasteiger partial charge in [0.25, 0.3) is 0 Å². The molecule has 0 aromatic heterocycles. The summed E-state index contributed by atoms with van der Waals surface area (Å²) in [4.78, 5) is 2.47. The molecule has 2 fully saturated rings. The highest BCUT2D eigenvalue weighted by atomic mass is 16.3. The van der Waals surface area contributed by atoms with Crippen LogP contribution in [0.4, 0.5) is 0 Å². The van der Waals surface area contributed by atoms with Crippen LogP contribution in [0.3, 0.4) is 0 Å². The second-order valence-corrected chi connectivity index (χ2v) is 6.44. The van der Waals surface area contributed by atoms with Crippen molar-refractivity contribution in [3.63, 3.8) is 0 Å². The third kappa shape index (κ3) is 3.94. The van der Waals surface area contributed by atoms with Crippen LogP contribution in [0, 0.1) is 11.8 Å². The summed E-state index contributed by atoms with van der Waals surface area (Å²) in [7, 11) is 0. The van der Waals surface area contributed by atoms with Gasteiger partial charge in [-0.25, -0.2) is 0 Å². The van der Waals surface area contributed by atoms with Crippen molar-refractivity contribution in [2.45, 2.75) is 58.1 Å². The highest BCUT2D eigenvalue weighted by molar-refractivity contribution is 4.87. The lowest BCUT2D eigenvalue weighted by Crippen LogP contribution is -2.45. The average molecular weight is 254 g/mol. The first-order valence-corrected chi connectivity index (χ1v) is 7.82. The zero-order chi connectivity index (χ0) is 13.0. The van der Waals surface area contributed by atoms with Gasteiger partial charge in [-0.3, -0.25) is 0 Å². The van der Waals surface area contributed by atoms with E-state index in [0.717, 1.165) is 37.9 Å². The minimum absolute atomic E-state index is 0.0759. The summed E-state index contributed by atoms with van der Waals surface area (Å²) in [6, 6.07) is 0.707. The van der Waals surface area contributed by atoms with Crippen LogP contribution >= 0.6 is 0 Å². The molecule has 18 heavy (non-hydrogen) atoms. The van der Waals surface area contributed by atoms with E-state index in [1.54, 1.807) is 0 Å². The van der Waals surface area contributed by atoms with Crippen LogP contribution in [0.1, 0.15) is 46.0 Å². The Morgan fingerprint density at radius 1 is 1.28 bits per heavy atom. The zero-order valence-corrected chi connectivity index (χ0v) is 12.1. The first kappa shape index (κ1) is 14.3. The van der Waals surface area contributed by atoms with Crippen LogP contribution in [0.5, 0.6) is 0 Å². The summed E-state index contributed by atoms with van der Waals surface area (Å²) in [5.41, 5.74) is 0. The molecule has 1 aliphatic heterocycles. The van der Waals surface area contributed by atoms with E-state index in [1.165, 1.54) is 32.2 Å². The van der Waals surface area contributed by atoms with E-state index in [1.807, 2.05) is 0 Å². The van der Waals surface area contributed by atoms with Crippen molar-refractivity contribution in [2.75, 3.05) is 26.2 Å². The van der Waals surface area contributed by atoms with E-state index in [0.29, 0.717) is 6.04 Å². The van der Waals surface area contributed by atoms with Gasteiger partial charge < -0.3 is 15.3 Å². The standard InChI is InChI=1S/C15H30N2O/c1-3-7-16-15-5-4-12(2)9-13(15)10-17-8-6-14(18)11-17/h12-16,18H,3-11H2,1-2H3. The molecule has 1 saturated carbocycles. The molecule has 0 aromatic carbocycles. The molecule has 3 heteroatoms. The third-order valence-corrected chi connectivity index (χ3v) is 4.64. The number of likely N-dealkylation sites (tertiary alicyclic amines) is 1. The molecule has 0 bridgehead atoms. The number of rotatable bonds is 5. The molecule has 1 heterocycles. The van der Waals surface area contributed by atoms with Gasteiger partial charge >= 0.3 is 0 Å². The summed E-state index contributed by atoms with van der Waals surface area (Å²) >= 11 is 0. The first-order chi connectivity index (χ1) is 8.69. The molecule has 0 amide bonds. The molecule has 4 unspecified atom stereocenters. The van der Waals surface area contributed by atoms with Gasteiger partial charge in [-0.05, 0) is 50.5 Å². The Morgan fingerprint density at radius 2 is 2.11 bits per heavy atom. The van der Waals surface area contributed by atoms with Crippen LogP contribution in [-0.4, -0.2) is 48.3 Å². The third-order valence-electron chi connectivity index (χ3n) is 4.64. The lowest BCUT2D eigenvalue weighted by Gasteiger charge is -2.37. The minimum atomic E-state index is -0.0759. The predicted octanol–water partition coefficient (Wildman–Crippen LogP) is 1.86. The molecule has 2 N–H and O–H groups in total. The monoisotopic (exact) mass is 254 g/mol. The Kier molecular flexibility index (Phi) is 5.46. The van der Waals surface area contributed by atoms with Crippen molar-refractivity contribution in [3.8, 4) is 0 Å². The fourth-order valence-electron chi connectivity index (χ4n) is 3.61. The van der Waals surface area contributed by atoms with E-state index in [9.17, 15) is 5.11 Å². The molecule has 0 aromatic rings. The smallest absolute Gasteiger partial charge is 0.0679 e. The Morgan fingerprint density at radius 3 is 2.78 bits per heavy atom. The lowest BCUT2D eigenvalue weighted by molar-refractivity contribution is 0.138. The quantitative estimate of drug-likeness (QED) is 0.786. The SMILES string of the molecule is CCCNC1CCC(C)CC1CN1CCC(O)C1. The first-order valence-electron chi connectivity index (χ1n) is 7.82. The highest BCUT2D eigenvalue weighted by Gasteiger charge is 2.31. The van der Waals surface area contributed by atoms with Crippen LogP contribution < -0.4 is 5.32 Å². The molecular weight excluding hydrogens is 224 g/mol. The van der Waals surface area contributed by atoms with Gasteiger partial charge in [0.15, 0.2) is 0 Å². The number of hydrogen-bond acceptors (Lipinski definition) is 3. The largest absolute Gasteiger partial charge is 0.392 e. The zero-order valence-electron chi connectivity index (χ0n) is 12.1. The van der Waals surface area contributed by atoms with Crippen molar-refractivity contribution >= 4 is 0 Å². The lowest BCUT2D eigenvalue weighted by atomic mass is 9.78. The van der Waals surface area contributed by atoms with E-state index in [-0.39, 0.29) is 6.10 Å². The van der Waals surface area contributed by atoms with Gasteiger partial charge in [0.1, 0.15) is 0 Å². The second kappa shape index (κ2) is 6.88. The number of nitrogens with zero attached hydrogens (tertiary/aromatic N) is 1. The highest BCUT2D eigenvalue weighted by Crippen LogP contribution is 2.30. The summed E-state index contributed by atoms with van der Waals surface area (Å²) in [6.07, 6.45) is 6.18. The maximum absolute atomic E-state index is 9.63.